The molecule has 0 bridgehead atoms. The van der Waals surface area contributed by atoms with Crippen LogP contribution in [-0.4, -0.2) is 8.42 Å². The second kappa shape index (κ2) is 7.93. The topological polar surface area (TPSA) is 34.1 Å². The lowest BCUT2D eigenvalue weighted by Crippen LogP contribution is -2.04. The van der Waals surface area contributed by atoms with E-state index in [4.69, 9.17) is 0 Å². The molecule has 0 aliphatic rings. The summed E-state index contributed by atoms with van der Waals surface area (Å²) in [5.41, 5.74) is 2.17. The minimum absolute atomic E-state index is 0.337. The smallest absolute Gasteiger partial charge is 0.206 e. The van der Waals surface area contributed by atoms with Gasteiger partial charge in [-0.1, -0.05) is 60.2 Å². The molecule has 2 aromatic rings. The lowest BCUT2D eigenvalue weighted by Gasteiger charge is -2.07. The van der Waals surface area contributed by atoms with Crippen LogP contribution in [0.15, 0.2) is 88.2 Å². The third-order valence-electron chi connectivity index (χ3n) is 3.42. The normalized spacial score (nSPS) is 12.0. The first-order valence-corrected chi connectivity index (χ1v) is 9.17. The van der Waals surface area contributed by atoms with Gasteiger partial charge in [0.05, 0.1) is 9.80 Å². The van der Waals surface area contributed by atoms with Gasteiger partial charge >= 0.3 is 0 Å². The largest absolute Gasteiger partial charge is 0.219 e. The lowest BCUT2D eigenvalue weighted by molar-refractivity contribution is 0.602. The molecule has 0 aliphatic heterocycles. The fourth-order valence-corrected chi connectivity index (χ4v) is 3.81. The number of aryl methyl sites for hydroxylation is 1. The Kier molecular flexibility index (Phi) is 5.94. The molecule has 23 heavy (non-hydrogen) atoms. The summed E-state index contributed by atoms with van der Waals surface area (Å²) in [6.07, 6.45) is 5.08. The summed E-state index contributed by atoms with van der Waals surface area (Å²) in [5, 5.41) is 0. The molecule has 0 aliphatic carbocycles. The highest BCUT2D eigenvalue weighted by Gasteiger charge is 2.18. The fourth-order valence-electron chi connectivity index (χ4n) is 2.29. The zero-order valence-corrected chi connectivity index (χ0v) is 14.4. The third kappa shape index (κ3) is 4.93. The summed E-state index contributed by atoms with van der Waals surface area (Å²) in [6, 6.07) is 18.7. The Morgan fingerprint density at radius 2 is 1.48 bits per heavy atom. The van der Waals surface area contributed by atoms with E-state index in [-0.39, 0.29) is 0 Å². The Bertz CT molecular complexity index is 782. The van der Waals surface area contributed by atoms with E-state index in [1.54, 1.807) is 30.3 Å². The van der Waals surface area contributed by atoms with Gasteiger partial charge < -0.3 is 0 Å². The quantitative estimate of drug-likeness (QED) is 0.704. The van der Waals surface area contributed by atoms with Gasteiger partial charge in [-0.3, -0.25) is 0 Å². The fraction of sp³-hybridized carbons (Fsp3) is 0.200. The van der Waals surface area contributed by atoms with E-state index in [0.29, 0.717) is 16.2 Å². The second-order valence-corrected chi connectivity index (χ2v) is 7.62. The van der Waals surface area contributed by atoms with E-state index < -0.39 is 9.84 Å². The van der Waals surface area contributed by atoms with E-state index >= 15 is 0 Å². The van der Waals surface area contributed by atoms with Gasteiger partial charge in [-0.05, 0) is 50.5 Å². The van der Waals surface area contributed by atoms with Crippen molar-refractivity contribution >= 4 is 9.84 Å². The molecule has 0 N–H and O–H groups in total. The molecule has 120 valence electrons. The molecular formula is C20H22O2S. The Balaban J connectivity index is 2.27. The lowest BCUT2D eigenvalue weighted by atomic mass is 10.1. The van der Waals surface area contributed by atoms with Crippen LogP contribution in [0.1, 0.15) is 25.8 Å². The molecule has 0 atom stereocenters. The first-order valence-electron chi connectivity index (χ1n) is 7.69. The standard InChI is InChI=1S/C20H22O2S/c1-17(2)16-20(15-9-12-18-10-5-3-6-11-18)23(21,22)19-13-7-4-8-14-19/h3-8,10-11,13-16H,9,12H2,1-2H3/b20-15+. The van der Waals surface area contributed by atoms with Gasteiger partial charge in [0.15, 0.2) is 0 Å². The summed E-state index contributed by atoms with van der Waals surface area (Å²) in [4.78, 5) is 0.711. The van der Waals surface area contributed by atoms with E-state index in [9.17, 15) is 8.42 Å². The number of benzene rings is 2. The minimum Gasteiger partial charge on any atom is -0.219 e. The highest BCUT2D eigenvalue weighted by molar-refractivity contribution is 7.95. The van der Waals surface area contributed by atoms with Crippen LogP contribution in [0.3, 0.4) is 0 Å². The molecule has 0 amide bonds. The van der Waals surface area contributed by atoms with Gasteiger partial charge in [-0.15, -0.1) is 0 Å². The molecule has 2 aromatic carbocycles. The third-order valence-corrected chi connectivity index (χ3v) is 5.21. The van der Waals surface area contributed by atoms with Crippen molar-refractivity contribution < 1.29 is 8.42 Å². The van der Waals surface area contributed by atoms with E-state index in [2.05, 4.69) is 12.1 Å². The second-order valence-electron chi connectivity index (χ2n) is 5.67. The van der Waals surface area contributed by atoms with E-state index in [0.717, 1.165) is 12.0 Å². The van der Waals surface area contributed by atoms with Gasteiger partial charge in [-0.25, -0.2) is 8.42 Å². The number of sulfone groups is 1. The number of rotatable bonds is 6. The predicted octanol–water partition coefficient (Wildman–Crippen LogP) is 4.94. The zero-order valence-electron chi connectivity index (χ0n) is 13.6. The molecule has 0 fully saturated rings. The molecule has 0 spiro atoms. The maximum absolute atomic E-state index is 12.8. The average Bonchev–Trinajstić information content (AvgIpc) is 2.55. The van der Waals surface area contributed by atoms with Crippen molar-refractivity contribution in [3.63, 3.8) is 0 Å². The maximum Gasteiger partial charge on any atom is 0.206 e. The van der Waals surface area contributed by atoms with Gasteiger partial charge in [-0.2, -0.15) is 0 Å². The average molecular weight is 326 g/mol. The Morgan fingerprint density at radius 3 is 2.04 bits per heavy atom. The van der Waals surface area contributed by atoms with Crippen molar-refractivity contribution in [2.45, 2.75) is 31.6 Å². The molecule has 0 radical (unpaired) electrons. The van der Waals surface area contributed by atoms with Gasteiger partial charge in [0, 0.05) is 0 Å². The molecule has 0 saturated heterocycles. The van der Waals surface area contributed by atoms with Crippen LogP contribution >= 0.6 is 0 Å². The van der Waals surface area contributed by atoms with Crippen LogP contribution in [0.2, 0.25) is 0 Å². The molecule has 0 heterocycles. The van der Waals surface area contributed by atoms with Crippen molar-refractivity contribution in [1.82, 2.24) is 0 Å². The van der Waals surface area contributed by atoms with Crippen LogP contribution in [0.5, 0.6) is 0 Å². The molecule has 2 nitrogen and oxygen atoms in total. The number of hydrogen-bond donors (Lipinski definition) is 0. The van der Waals surface area contributed by atoms with Crippen LogP contribution in [0.25, 0.3) is 0 Å². The summed E-state index contributed by atoms with van der Waals surface area (Å²) in [7, 11) is -3.47. The van der Waals surface area contributed by atoms with Crippen LogP contribution in [0, 0.1) is 0 Å². The first kappa shape index (κ1) is 17.2. The van der Waals surface area contributed by atoms with E-state index in [1.807, 2.05) is 44.2 Å². The van der Waals surface area contributed by atoms with E-state index in [1.165, 1.54) is 5.56 Å². The monoisotopic (exact) mass is 326 g/mol. The van der Waals surface area contributed by atoms with Crippen molar-refractivity contribution in [2.24, 2.45) is 0 Å². The molecule has 3 heteroatoms. The zero-order chi connectivity index (χ0) is 16.7. The summed E-state index contributed by atoms with van der Waals surface area (Å²) >= 11 is 0. The minimum atomic E-state index is -3.47. The molecule has 0 aromatic heterocycles. The number of allylic oxidation sites excluding steroid dienone is 3. The highest BCUT2D eigenvalue weighted by Crippen LogP contribution is 2.22. The molecular weight excluding hydrogens is 304 g/mol. The van der Waals surface area contributed by atoms with Crippen molar-refractivity contribution in [2.75, 3.05) is 0 Å². The van der Waals surface area contributed by atoms with Crippen molar-refractivity contribution in [3.8, 4) is 0 Å². The van der Waals surface area contributed by atoms with Gasteiger partial charge in [0.25, 0.3) is 0 Å². The Hall–Kier alpha value is -2.13. The Morgan fingerprint density at radius 1 is 0.913 bits per heavy atom. The van der Waals surface area contributed by atoms with Crippen molar-refractivity contribution in [1.29, 1.82) is 0 Å². The SMILES string of the molecule is CC(C)=C/C(=C\CCc1ccccc1)S(=O)(=O)c1ccccc1. The summed E-state index contributed by atoms with van der Waals surface area (Å²) in [6.45, 7) is 3.82. The van der Waals surface area contributed by atoms with Gasteiger partial charge in [0.2, 0.25) is 9.84 Å². The van der Waals surface area contributed by atoms with Crippen LogP contribution in [0.4, 0.5) is 0 Å². The van der Waals surface area contributed by atoms with Gasteiger partial charge in [0.1, 0.15) is 0 Å². The molecule has 0 saturated carbocycles. The maximum atomic E-state index is 12.8. The predicted molar refractivity (Wildman–Crippen MR) is 95.9 cm³/mol. The number of hydrogen-bond acceptors (Lipinski definition) is 2. The first-order chi connectivity index (χ1) is 11.0. The van der Waals surface area contributed by atoms with Crippen LogP contribution in [-0.2, 0) is 16.3 Å². The highest BCUT2D eigenvalue weighted by atomic mass is 32.2. The molecule has 2 rings (SSSR count). The van der Waals surface area contributed by atoms with Crippen LogP contribution < -0.4 is 0 Å². The van der Waals surface area contributed by atoms with Crippen molar-refractivity contribution in [3.05, 3.63) is 88.9 Å². The summed E-state index contributed by atoms with van der Waals surface area (Å²) in [5.74, 6) is 0. The Labute approximate surface area is 139 Å². The summed E-state index contributed by atoms with van der Waals surface area (Å²) < 4.78 is 25.6. The molecule has 0 unspecified atom stereocenters.